The lowest BCUT2D eigenvalue weighted by atomic mass is 9.93. The molecule has 3 saturated heterocycles. The molecule has 2 N–H and O–H groups in total. The molecule has 4 aliphatic heterocycles. The smallest absolute Gasteiger partial charge is 0.318 e. The Morgan fingerprint density at radius 1 is 1.04 bits per heavy atom. The van der Waals surface area contributed by atoms with Crippen LogP contribution in [-0.2, 0) is 19.4 Å². The summed E-state index contributed by atoms with van der Waals surface area (Å²) in [6.45, 7) is 7.15. The fourth-order valence-corrected chi connectivity index (χ4v) is 8.06. The van der Waals surface area contributed by atoms with Gasteiger partial charge in [0.2, 0.25) is 0 Å². The molecule has 0 bridgehead atoms. The second kappa shape index (κ2) is 11.3. The van der Waals surface area contributed by atoms with Gasteiger partial charge >= 0.3 is 6.01 Å². The fourth-order valence-electron chi connectivity index (χ4n) is 8.06. The van der Waals surface area contributed by atoms with Crippen LogP contribution >= 0.6 is 0 Å². The van der Waals surface area contributed by atoms with Gasteiger partial charge in [-0.2, -0.15) is 18.7 Å². The van der Waals surface area contributed by atoms with Gasteiger partial charge in [-0.25, -0.2) is 4.39 Å². The van der Waals surface area contributed by atoms with Gasteiger partial charge in [-0.1, -0.05) is 13.0 Å². The molecule has 0 spiro atoms. The highest BCUT2D eigenvalue weighted by atomic mass is 19.3. The Bertz CT molecular complexity index is 1680. The molecule has 45 heavy (non-hydrogen) atoms. The number of rotatable bonds is 6. The first-order chi connectivity index (χ1) is 21.6. The van der Waals surface area contributed by atoms with Gasteiger partial charge in [-0.05, 0) is 81.5 Å². The molecule has 3 fully saturated rings. The van der Waals surface area contributed by atoms with Crippen molar-refractivity contribution < 1.29 is 28.1 Å². The predicted molar refractivity (Wildman–Crippen MR) is 167 cm³/mol. The molecule has 5 heterocycles. The number of aliphatic hydroxyl groups is 1. The van der Waals surface area contributed by atoms with E-state index >= 15 is 0 Å². The van der Waals surface area contributed by atoms with Crippen molar-refractivity contribution in [1.82, 2.24) is 14.9 Å². The highest BCUT2D eigenvalue weighted by Gasteiger charge is 2.48. The van der Waals surface area contributed by atoms with E-state index in [0.29, 0.717) is 44.5 Å². The fraction of sp³-hybridized carbons (Fsp3) is 0.529. The largest absolute Gasteiger partial charge is 0.508 e. The van der Waals surface area contributed by atoms with Gasteiger partial charge in [0.05, 0.1) is 23.4 Å². The number of anilines is 2. The van der Waals surface area contributed by atoms with Crippen molar-refractivity contribution in [1.29, 1.82) is 0 Å². The Kier molecular flexibility index (Phi) is 7.59. The third-order valence-corrected chi connectivity index (χ3v) is 10.2. The first-order valence-electron chi connectivity index (χ1n) is 16.0. The Hall–Kier alpha value is -3.57. The third-order valence-electron chi connectivity index (χ3n) is 10.2. The van der Waals surface area contributed by atoms with E-state index in [9.17, 15) is 23.4 Å². The summed E-state index contributed by atoms with van der Waals surface area (Å²) in [7, 11) is 0. The number of piperidine rings is 1. The van der Waals surface area contributed by atoms with Gasteiger partial charge in [-0.3, -0.25) is 4.90 Å². The molecule has 0 radical (unpaired) electrons. The Balaban J connectivity index is 1.26. The summed E-state index contributed by atoms with van der Waals surface area (Å²) in [5, 5.41) is 23.1. The summed E-state index contributed by atoms with van der Waals surface area (Å²) in [5.41, 5.74) is 1.92. The molecule has 0 saturated carbocycles. The summed E-state index contributed by atoms with van der Waals surface area (Å²) in [5.74, 6) is 0.568. The number of aryl methyl sites for hydroxylation is 1. The number of hydrogen-bond donors (Lipinski definition) is 2. The van der Waals surface area contributed by atoms with E-state index in [1.165, 1.54) is 6.07 Å². The minimum atomic E-state index is -1.60. The molecule has 1 aromatic heterocycles. The van der Waals surface area contributed by atoms with Crippen LogP contribution in [0.2, 0.25) is 0 Å². The molecular weight excluding hydrogens is 583 g/mol. The first-order valence-corrected chi connectivity index (χ1v) is 16.0. The van der Waals surface area contributed by atoms with Crippen LogP contribution in [0, 0.1) is 5.82 Å². The lowest BCUT2D eigenvalue weighted by molar-refractivity contribution is 0.0445. The second-order valence-electron chi connectivity index (χ2n) is 13.5. The van der Waals surface area contributed by atoms with E-state index < -0.39 is 17.2 Å². The van der Waals surface area contributed by atoms with Crippen molar-refractivity contribution in [3.63, 3.8) is 0 Å². The van der Waals surface area contributed by atoms with E-state index in [0.717, 1.165) is 65.9 Å². The molecule has 1 unspecified atom stereocenters. The maximum absolute atomic E-state index is 15.0. The average Bonchev–Trinajstić information content (AvgIpc) is 3.57. The summed E-state index contributed by atoms with van der Waals surface area (Å²) in [4.78, 5) is 16.1. The van der Waals surface area contributed by atoms with Crippen LogP contribution in [-0.4, -0.2) is 75.6 Å². The highest BCUT2D eigenvalue weighted by Crippen LogP contribution is 2.44. The molecule has 4 aliphatic rings. The quantitative estimate of drug-likeness (QED) is 0.361. The number of ether oxygens (including phenoxy) is 1. The molecule has 11 heteroatoms. The zero-order chi connectivity index (χ0) is 31.5. The molecule has 240 valence electrons. The topological polar surface area (TPSA) is 85.2 Å². The molecule has 2 aromatic carbocycles. The standard InChI is InChI=1S/C34H40F3N5O3/c1-3-24-26(35)7-6-21-14-23(43)15-28(29(21)24)40-13-8-25-27(18-40)38-32(39-31(25)41-11-4-9-33(2,44)19-41)45-20-34-10-5-12-42(34)17-22(16-34)30(36)37/h6-7,14-15,43-44H,3-5,8-13,16-20H2,1-2H3/t33-,34?/m1/s1. The van der Waals surface area contributed by atoms with E-state index in [1.807, 2.05) is 13.8 Å². The van der Waals surface area contributed by atoms with Gasteiger partial charge in [-0.15, -0.1) is 0 Å². The molecular formula is C34H40F3N5O3. The average molecular weight is 624 g/mol. The van der Waals surface area contributed by atoms with Crippen LogP contribution < -0.4 is 14.5 Å². The zero-order valence-electron chi connectivity index (χ0n) is 25.9. The number of aromatic hydroxyl groups is 1. The number of hydrogen-bond acceptors (Lipinski definition) is 8. The number of β-amino-alcohol motifs (C(OH)–C–C–N with tert-alkyl or cyclic N) is 1. The van der Waals surface area contributed by atoms with Gasteiger partial charge in [0.25, 0.3) is 6.08 Å². The number of benzene rings is 2. The first kappa shape index (κ1) is 30.1. The SMILES string of the molecule is CCc1c(F)ccc2cc(O)cc(N3CCc4c(nc(OCC56CCCN5CC(=C(F)F)C6)nc4N4CCC[C@@](C)(O)C4)C3)c12. The van der Waals surface area contributed by atoms with Gasteiger partial charge in [0.15, 0.2) is 0 Å². The summed E-state index contributed by atoms with van der Waals surface area (Å²) >= 11 is 0. The zero-order valence-corrected chi connectivity index (χ0v) is 25.9. The second-order valence-corrected chi connectivity index (χ2v) is 13.5. The van der Waals surface area contributed by atoms with Crippen molar-refractivity contribution in [2.75, 3.05) is 49.1 Å². The van der Waals surface area contributed by atoms with Crippen LogP contribution in [0.15, 0.2) is 35.9 Å². The van der Waals surface area contributed by atoms with Crippen molar-refractivity contribution in [2.24, 2.45) is 0 Å². The van der Waals surface area contributed by atoms with Crippen molar-refractivity contribution >= 4 is 22.3 Å². The van der Waals surface area contributed by atoms with Crippen molar-refractivity contribution in [3.05, 3.63) is 58.6 Å². The molecule has 0 amide bonds. The van der Waals surface area contributed by atoms with Crippen LogP contribution in [0.4, 0.5) is 24.7 Å². The lowest BCUT2D eigenvalue weighted by Crippen LogP contribution is -2.47. The summed E-state index contributed by atoms with van der Waals surface area (Å²) < 4.78 is 48.4. The summed E-state index contributed by atoms with van der Waals surface area (Å²) in [6.07, 6.45) is 3.01. The maximum atomic E-state index is 15.0. The van der Waals surface area contributed by atoms with Crippen LogP contribution in [0.5, 0.6) is 11.8 Å². The number of halogens is 3. The summed E-state index contributed by atoms with van der Waals surface area (Å²) in [6, 6.07) is 6.69. The lowest BCUT2D eigenvalue weighted by Gasteiger charge is -2.40. The van der Waals surface area contributed by atoms with Crippen LogP contribution in [0.3, 0.4) is 0 Å². The predicted octanol–water partition coefficient (Wildman–Crippen LogP) is 5.72. The van der Waals surface area contributed by atoms with E-state index in [-0.39, 0.29) is 42.7 Å². The van der Waals surface area contributed by atoms with E-state index in [1.54, 1.807) is 18.2 Å². The minimum absolute atomic E-state index is 0.106. The Labute approximate surface area is 261 Å². The molecule has 7 rings (SSSR count). The van der Waals surface area contributed by atoms with Crippen molar-refractivity contribution in [3.8, 4) is 11.8 Å². The number of phenols is 1. The van der Waals surface area contributed by atoms with Gasteiger partial charge < -0.3 is 24.7 Å². The molecule has 2 atom stereocenters. The van der Waals surface area contributed by atoms with Gasteiger partial charge in [0, 0.05) is 54.5 Å². The molecule has 8 nitrogen and oxygen atoms in total. The maximum Gasteiger partial charge on any atom is 0.318 e. The monoisotopic (exact) mass is 623 g/mol. The number of phenolic OH excluding ortho intramolecular Hbond substituents is 1. The van der Waals surface area contributed by atoms with Crippen LogP contribution in [0.25, 0.3) is 10.8 Å². The number of fused-ring (bicyclic) bond motifs is 3. The third kappa shape index (κ3) is 5.48. The minimum Gasteiger partial charge on any atom is -0.508 e. The molecule has 0 aliphatic carbocycles. The van der Waals surface area contributed by atoms with E-state index in [4.69, 9.17) is 14.7 Å². The highest BCUT2D eigenvalue weighted by molar-refractivity contribution is 5.98. The normalized spacial score (nSPS) is 25.2. The van der Waals surface area contributed by atoms with Crippen molar-refractivity contribution in [2.45, 2.75) is 76.5 Å². The molecule has 3 aromatic rings. The van der Waals surface area contributed by atoms with E-state index in [2.05, 4.69) is 14.7 Å². The number of nitrogens with zero attached hydrogens (tertiary/aromatic N) is 5. The Morgan fingerprint density at radius 2 is 1.87 bits per heavy atom. The Morgan fingerprint density at radius 3 is 2.64 bits per heavy atom. The van der Waals surface area contributed by atoms with Gasteiger partial charge in [0.1, 0.15) is 24.0 Å². The van der Waals surface area contributed by atoms with Crippen LogP contribution in [0.1, 0.15) is 62.8 Å². The number of aromatic nitrogens is 2.